The first kappa shape index (κ1) is 21.3. The van der Waals surface area contributed by atoms with Crippen LogP contribution in [-0.4, -0.2) is 16.6 Å². The Kier molecular flexibility index (Phi) is 4.84. The fourth-order valence-electron chi connectivity index (χ4n) is 4.49. The van der Waals surface area contributed by atoms with Crippen LogP contribution in [0.2, 0.25) is 0 Å². The molecule has 0 bridgehead atoms. The third-order valence-electron chi connectivity index (χ3n) is 6.11. The minimum absolute atomic E-state index is 0.189. The molecule has 0 saturated heterocycles. The summed E-state index contributed by atoms with van der Waals surface area (Å²) >= 11 is 0. The molecule has 2 aromatic carbocycles. The normalized spacial score (nSPS) is 12.6. The van der Waals surface area contributed by atoms with E-state index in [0.29, 0.717) is 5.75 Å². The van der Waals surface area contributed by atoms with Crippen molar-refractivity contribution in [3.8, 4) is 22.6 Å². The summed E-state index contributed by atoms with van der Waals surface area (Å²) in [6, 6.07) is 14.9. The fraction of sp³-hybridized carbons (Fsp3) is 0.357. The van der Waals surface area contributed by atoms with Gasteiger partial charge in [-0.25, -0.2) is 0 Å². The van der Waals surface area contributed by atoms with Gasteiger partial charge in [0.15, 0.2) is 0 Å². The zero-order valence-electron chi connectivity index (χ0n) is 19.9. The van der Waals surface area contributed by atoms with Crippen LogP contribution in [0.5, 0.6) is 11.5 Å². The van der Waals surface area contributed by atoms with Gasteiger partial charge in [0.25, 0.3) is 0 Å². The average Bonchev–Trinajstić information content (AvgIpc) is 3.00. The number of nitrogens with zero attached hydrogens (tertiary/aromatic N) is 1. The van der Waals surface area contributed by atoms with Gasteiger partial charge in [-0.2, -0.15) is 0 Å². The number of hydrogen-bond donors (Lipinski definition) is 1. The summed E-state index contributed by atoms with van der Waals surface area (Å²) in [5.41, 5.74) is 7.27. The van der Waals surface area contributed by atoms with E-state index < -0.39 is 0 Å². The van der Waals surface area contributed by atoms with Crippen molar-refractivity contribution in [1.82, 2.24) is 4.40 Å². The van der Waals surface area contributed by atoms with Crippen LogP contribution in [0.15, 0.2) is 48.7 Å². The number of aryl methyl sites for hydroxylation is 1. The number of phenols is 1. The van der Waals surface area contributed by atoms with E-state index >= 15 is 0 Å². The van der Waals surface area contributed by atoms with Gasteiger partial charge >= 0.3 is 0 Å². The lowest BCUT2D eigenvalue weighted by atomic mass is 9.77. The first-order chi connectivity index (χ1) is 14.4. The van der Waals surface area contributed by atoms with E-state index in [1.165, 1.54) is 5.56 Å². The number of ether oxygens (including phenoxy) is 1. The molecule has 31 heavy (non-hydrogen) atoms. The number of aromatic nitrogens is 1. The molecule has 0 radical (unpaired) electrons. The summed E-state index contributed by atoms with van der Waals surface area (Å²) in [4.78, 5) is 0. The number of hydrogen-bond acceptors (Lipinski definition) is 2. The van der Waals surface area contributed by atoms with Crippen LogP contribution in [0.3, 0.4) is 0 Å². The molecule has 3 nitrogen and oxygen atoms in total. The van der Waals surface area contributed by atoms with Crippen molar-refractivity contribution in [2.45, 2.75) is 59.3 Å². The molecule has 2 aromatic heterocycles. The number of pyridine rings is 1. The predicted octanol–water partition coefficient (Wildman–Crippen LogP) is 7.38. The minimum Gasteiger partial charge on any atom is -0.507 e. The zero-order chi connectivity index (χ0) is 22.7. The van der Waals surface area contributed by atoms with Gasteiger partial charge in [-0.15, -0.1) is 0 Å². The van der Waals surface area contributed by atoms with Crippen molar-refractivity contribution in [3.63, 3.8) is 0 Å². The van der Waals surface area contributed by atoms with Crippen LogP contribution >= 0.6 is 0 Å². The molecular weight excluding hydrogens is 382 g/mol. The summed E-state index contributed by atoms with van der Waals surface area (Å²) in [5.74, 6) is 1.26. The molecule has 0 spiro atoms. The van der Waals surface area contributed by atoms with Crippen LogP contribution < -0.4 is 4.74 Å². The molecule has 0 atom stereocenters. The number of fused-ring (bicyclic) bond motifs is 3. The monoisotopic (exact) mass is 415 g/mol. The Labute approximate surface area is 185 Å². The SMILES string of the molecule is COc1cccc2c1c(-c1cc(C(C)(C)C)c(O)c(C(C)(C)C)c1)c1cc(C)ccn12. The lowest BCUT2D eigenvalue weighted by molar-refractivity contribution is 0.420. The maximum atomic E-state index is 11.2. The fourth-order valence-corrected chi connectivity index (χ4v) is 4.49. The second-order valence-electron chi connectivity index (χ2n) is 10.6. The van der Waals surface area contributed by atoms with E-state index in [9.17, 15) is 5.11 Å². The number of benzene rings is 2. The highest BCUT2D eigenvalue weighted by Gasteiger charge is 2.28. The lowest BCUT2D eigenvalue weighted by Gasteiger charge is -2.28. The highest BCUT2D eigenvalue weighted by atomic mass is 16.5. The first-order valence-corrected chi connectivity index (χ1v) is 10.9. The molecule has 2 heterocycles. The summed E-state index contributed by atoms with van der Waals surface area (Å²) < 4.78 is 8.04. The molecule has 4 rings (SSSR count). The highest BCUT2D eigenvalue weighted by Crippen LogP contribution is 2.46. The molecule has 4 aromatic rings. The van der Waals surface area contributed by atoms with E-state index in [4.69, 9.17) is 4.74 Å². The number of phenolic OH excluding ortho intramolecular Hbond substituents is 1. The van der Waals surface area contributed by atoms with Gasteiger partial charge in [0.2, 0.25) is 0 Å². The van der Waals surface area contributed by atoms with Gasteiger partial charge in [0.05, 0.1) is 23.5 Å². The second-order valence-corrected chi connectivity index (χ2v) is 10.6. The summed E-state index contributed by atoms with van der Waals surface area (Å²) in [5, 5.41) is 12.3. The maximum Gasteiger partial charge on any atom is 0.128 e. The van der Waals surface area contributed by atoms with Crippen molar-refractivity contribution in [3.05, 3.63) is 65.4 Å². The van der Waals surface area contributed by atoms with Crippen molar-refractivity contribution >= 4 is 16.4 Å². The summed E-state index contributed by atoms with van der Waals surface area (Å²) in [6.45, 7) is 15.0. The Morgan fingerprint density at radius 1 is 0.839 bits per heavy atom. The Bertz CT molecular complexity index is 1260. The van der Waals surface area contributed by atoms with Crippen molar-refractivity contribution in [2.75, 3.05) is 7.11 Å². The van der Waals surface area contributed by atoms with Crippen LogP contribution in [0, 0.1) is 6.92 Å². The lowest BCUT2D eigenvalue weighted by Crippen LogP contribution is -2.17. The predicted molar refractivity (Wildman–Crippen MR) is 131 cm³/mol. The molecule has 1 N–H and O–H groups in total. The standard InChI is InChI=1S/C28H33NO2/c1-17-12-13-29-21-10-9-11-23(31-8)25(21)24(22(29)14-17)18-15-19(27(2,3)4)26(30)20(16-18)28(5,6)7/h9-16,30H,1-8H3. The molecule has 0 saturated carbocycles. The Morgan fingerprint density at radius 2 is 1.45 bits per heavy atom. The van der Waals surface area contributed by atoms with Gasteiger partial charge in [-0.3, -0.25) is 0 Å². The molecule has 0 aliphatic carbocycles. The topological polar surface area (TPSA) is 33.9 Å². The second kappa shape index (κ2) is 7.05. The highest BCUT2D eigenvalue weighted by molar-refractivity contribution is 6.09. The minimum atomic E-state index is -0.189. The summed E-state index contributed by atoms with van der Waals surface area (Å²) in [6.07, 6.45) is 2.13. The van der Waals surface area contributed by atoms with E-state index in [0.717, 1.165) is 44.4 Å². The molecule has 3 heteroatoms. The largest absolute Gasteiger partial charge is 0.507 e. The zero-order valence-corrected chi connectivity index (χ0v) is 19.9. The Morgan fingerprint density at radius 3 is 2.00 bits per heavy atom. The van der Waals surface area contributed by atoms with Crippen molar-refractivity contribution in [2.24, 2.45) is 0 Å². The van der Waals surface area contributed by atoms with Crippen LogP contribution in [0.1, 0.15) is 58.2 Å². The van der Waals surface area contributed by atoms with Crippen LogP contribution in [-0.2, 0) is 10.8 Å². The summed E-state index contributed by atoms with van der Waals surface area (Å²) in [7, 11) is 1.73. The van der Waals surface area contributed by atoms with Gasteiger partial charge in [0, 0.05) is 22.9 Å². The first-order valence-electron chi connectivity index (χ1n) is 10.9. The van der Waals surface area contributed by atoms with E-state index in [2.05, 4.69) is 89.4 Å². The third-order valence-corrected chi connectivity index (χ3v) is 6.11. The van der Waals surface area contributed by atoms with E-state index in [1.54, 1.807) is 7.11 Å². The molecule has 0 aliphatic heterocycles. The maximum absolute atomic E-state index is 11.2. The molecule has 0 amide bonds. The van der Waals surface area contributed by atoms with Gasteiger partial charge in [0.1, 0.15) is 11.5 Å². The van der Waals surface area contributed by atoms with Crippen molar-refractivity contribution < 1.29 is 9.84 Å². The average molecular weight is 416 g/mol. The molecule has 0 aliphatic rings. The molecule has 0 fully saturated rings. The smallest absolute Gasteiger partial charge is 0.128 e. The van der Waals surface area contributed by atoms with Gasteiger partial charge in [-0.05, 0) is 65.3 Å². The van der Waals surface area contributed by atoms with Gasteiger partial charge in [-0.1, -0.05) is 47.6 Å². The van der Waals surface area contributed by atoms with Crippen LogP contribution in [0.4, 0.5) is 0 Å². The quantitative estimate of drug-likeness (QED) is 0.371. The molecule has 0 unspecified atom stereocenters. The van der Waals surface area contributed by atoms with E-state index in [1.807, 2.05) is 12.1 Å². The molecule has 162 valence electrons. The number of aromatic hydroxyl groups is 1. The molecular formula is C28H33NO2. The number of methoxy groups -OCH3 is 1. The third kappa shape index (κ3) is 3.46. The Balaban J connectivity index is 2.22. The van der Waals surface area contributed by atoms with Crippen molar-refractivity contribution in [1.29, 1.82) is 0 Å². The Hall–Kier alpha value is -2.94. The van der Waals surface area contributed by atoms with Gasteiger partial charge < -0.3 is 14.2 Å². The van der Waals surface area contributed by atoms with Crippen LogP contribution in [0.25, 0.3) is 27.5 Å². The van der Waals surface area contributed by atoms with E-state index in [-0.39, 0.29) is 10.8 Å². The number of rotatable bonds is 2.